The highest BCUT2D eigenvalue weighted by atomic mass is 32.1. The molecule has 2 rings (SSSR count). The molecule has 17 heavy (non-hydrogen) atoms. The molecule has 0 saturated heterocycles. The van der Waals surface area contributed by atoms with Gasteiger partial charge in [-0.1, -0.05) is 18.3 Å². The molecule has 0 aliphatic heterocycles. The van der Waals surface area contributed by atoms with Crippen LogP contribution in [0.15, 0.2) is 30.5 Å². The van der Waals surface area contributed by atoms with E-state index in [2.05, 4.69) is 15.0 Å². The van der Waals surface area contributed by atoms with Crippen molar-refractivity contribution >= 4 is 12.2 Å². The van der Waals surface area contributed by atoms with E-state index in [9.17, 15) is 13.2 Å². The summed E-state index contributed by atoms with van der Waals surface area (Å²) in [6, 6.07) is 5.64. The summed E-state index contributed by atoms with van der Waals surface area (Å²) in [4.78, 5) is 9.90. The Kier molecular flexibility index (Phi) is 2.93. The summed E-state index contributed by atoms with van der Waals surface area (Å²) in [6.07, 6.45) is -3.02. The number of alkyl halides is 3. The monoisotopic (exact) mass is 257 g/mol. The third kappa shape index (κ3) is 2.68. The average Bonchev–Trinajstić information content (AvgIpc) is 2.28. The van der Waals surface area contributed by atoms with Crippen LogP contribution in [0, 0.1) is 4.64 Å². The number of H-pyrrole nitrogens is 1. The number of halogens is 3. The lowest BCUT2D eigenvalue weighted by atomic mass is 10.3. The predicted octanol–water partition coefficient (Wildman–Crippen LogP) is 3.22. The van der Waals surface area contributed by atoms with E-state index >= 15 is 0 Å². The van der Waals surface area contributed by atoms with Crippen LogP contribution in [0.1, 0.15) is 5.69 Å². The molecule has 0 saturated carbocycles. The van der Waals surface area contributed by atoms with Gasteiger partial charge < -0.3 is 4.98 Å². The van der Waals surface area contributed by atoms with Crippen molar-refractivity contribution in [1.29, 1.82) is 0 Å². The van der Waals surface area contributed by atoms with E-state index in [-0.39, 0.29) is 10.5 Å². The molecule has 0 aliphatic carbocycles. The molecule has 2 heterocycles. The second kappa shape index (κ2) is 4.25. The first-order valence-corrected chi connectivity index (χ1v) is 4.97. The summed E-state index contributed by atoms with van der Waals surface area (Å²) in [5.41, 5.74) is -0.622. The molecule has 0 bridgehead atoms. The van der Waals surface area contributed by atoms with Crippen LogP contribution in [0.4, 0.5) is 13.2 Å². The zero-order valence-corrected chi connectivity index (χ0v) is 9.14. The molecule has 7 heteroatoms. The number of pyridine rings is 1. The molecule has 0 aliphatic rings. The van der Waals surface area contributed by atoms with Gasteiger partial charge in [-0.15, -0.1) is 0 Å². The maximum absolute atomic E-state index is 12.5. The fraction of sp³-hybridized carbons (Fsp3) is 0.100. The Hall–Kier alpha value is -1.76. The van der Waals surface area contributed by atoms with Crippen LogP contribution in [-0.2, 0) is 6.18 Å². The molecule has 0 unspecified atom stereocenters. The third-order valence-corrected chi connectivity index (χ3v) is 2.16. The summed E-state index contributed by atoms with van der Waals surface area (Å²) < 4.78 is 37.5. The van der Waals surface area contributed by atoms with Crippen LogP contribution < -0.4 is 0 Å². The van der Waals surface area contributed by atoms with Gasteiger partial charge in [-0.25, -0.2) is 4.98 Å². The first kappa shape index (κ1) is 11.7. The summed E-state index contributed by atoms with van der Waals surface area (Å²) in [7, 11) is 0. The van der Waals surface area contributed by atoms with Gasteiger partial charge in [0.15, 0.2) is 5.82 Å². The molecule has 0 atom stereocenters. The van der Waals surface area contributed by atoms with Crippen LogP contribution in [-0.4, -0.2) is 15.0 Å². The van der Waals surface area contributed by atoms with Gasteiger partial charge in [0, 0.05) is 12.3 Å². The molecule has 0 amide bonds. The zero-order valence-electron chi connectivity index (χ0n) is 8.32. The minimum Gasteiger partial charge on any atom is -0.334 e. The van der Waals surface area contributed by atoms with Crippen molar-refractivity contribution in [2.24, 2.45) is 0 Å². The van der Waals surface area contributed by atoms with E-state index in [0.29, 0.717) is 5.69 Å². The van der Waals surface area contributed by atoms with Crippen molar-refractivity contribution in [3.63, 3.8) is 0 Å². The van der Waals surface area contributed by atoms with Crippen molar-refractivity contribution in [1.82, 2.24) is 15.0 Å². The fourth-order valence-corrected chi connectivity index (χ4v) is 1.44. The normalized spacial score (nSPS) is 11.5. The molecule has 1 N–H and O–H groups in total. The highest BCUT2D eigenvalue weighted by Gasteiger charge is 2.32. The maximum Gasteiger partial charge on any atom is 0.431 e. The zero-order chi connectivity index (χ0) is 12.5. The lowest BCUT2D eigenvalue weighted by Crippen LogP contribution is -2.09. The standard InChI is InChI=1S/C10H6F3N3S/c11-10(12,13)7-5-8(17)16-9(15-7)6-3-1-2-4-14-6/h1-5H,(H,15,16,17). The van der Waals surface area contributed by atoms with E-state index in [1.165, 1.54) is 6.20 Å². The lowest BCUT2D eigenvalue weighted by molar-refractivity contribution is -0.141. The molecular weight excluding hydrogens is 251 g/mol. The van der Waals surface area contributed by atoms with Crippen molar-refractivity contribution in [2.75, 3.05) is 0 Å². The Balaban J connectivity index is 2.58. The van der Waals surface area contributed by atoms with Crippen LogP contribution in [0.25, 0.3) is 11.5 Å². The predicted molar refractivity (Wildman–Crippen MR) is 57.7 cm³/mol. The van der Waals surface area contributed by atoms with Crippen molar-refractivity contribution in [2.45, 2.75) is 6.18 Å². The number of aromatic amines is 1. The Morgan fingerprint density at radius 1 is 1.24 bits per heavy atom. The van der Waals surface area contributed by atoms with Gasteiger partial charge in [-0.3, -0.25) is 4.98 Å². The van der Waals surface area contributed by atoms with Gasteiger partial charge in [-0.05, 0) is 12.1 Å². The molecule has 88 valence electrons. The van der Waals surface area contributed by atoms with Crippen LogP contribution >= 0.6 is 12.2 Å². The molecule has 3 nitrogen and oxygen atoms in total. The van der Waals surface area contributed by atoms with E-state index < -0.39 is 11.9 Å². The van der Waals surface area contributed by atoms with Gasteiger partial charge in [0.05, 0.1) is 0 Å². The molecule has 0 spiro atoms. The van der Waals surface area contributed by atoms with Gasteiger partial charge in [0.2, 0.25) is 0 Å². The average molecular weight is 257 g/mol. The summed E-state index contributed by atoms with van der Waals surface area (Å²) >= 11 is 4.70. The van der Waals surface area contributed by atoms with Gasteiger partial charge in [-0.2, -0.15) is 13.2 Å². The minimum absolute atomic E-state index is 0.00502. The van der Waals surface area contributed by atoms with Gasteiger partial charge in [0.1, 0.15) is 16.0 Å². The van der Waals surface area contributed by atoms with E-state index in [0.717, 1.165) is 6.07 Å². The number of nitrogens with one attached hydrogen (secondary N) is 1. The second-order valence-corrected chi connectivity index (χ2v) is 3.61. The molecule has 0 aromatic carbocycles. The number of aromatic nitrogens is 3. The Bertz CT molecular complexity index is 577. The largest absolute Gasteiger partial charge is 0.431 e. The van der Waals surface area contributed by atoms with E-state index in [4.69, 9.17) is 12.2 Å². The highest BCUT2D eigenvalue weighted by molar-refractivity contribution is 7.71. The Morgan fingerprint density at radius 3 is 2.59 bits per heavy atom. The second-order valence-electron chi connectivity index (χ2n) is 3.19. The van der Waals surface area contributed by atoms with Gasteiger partial charge >= 0.3 is 6.18 Å². The quantitative estimate of drug-likeness (QED) is 0.797. The molecular formula is C10H6F3N3S. The summed E-state index contributed by atoms with van der Waals surface area (Å²) in [6.45, 7) is 0. The molecule has 0 radical (unpaired) electrons. The smallest absolute Gasteiger partial charge is 0.334 e. The van der Waals surface area contributed by atoms with Crippen LogP contribution in [0.5, 0.6) is 0 Å². The topological polar surface area (TPSA) is 41.6 Å². The first-order valence-electron chi connectivity index (χ1n) is 4.57. The number of nitrogens with zero attached hydrogens (tertiary/aromatic N) is 2. The minimum atomic E-state index is -4.49. The fourth-order valence-electron chi connectivity index (χ4n) is 1.23. The van der Waals surface area contributed by atoms with E-state index in [1.807, 2.05) is 0 Å². The van der Waals surface area contributed by atoms with Crippen molar-refractivity contribution in [3.05, 3.63) is 40.8 Å². The first-order chi connectivity index (χ1) is 7.97. The Labute approximate surface area is 99.4 Å². The maximum atomic E-state index is 12.5. The number of rotatable bonds is 1. The van der Waals surface area contributed by atoms with Crippen molar-refractivity contribution < 1.29 is 13.2 Å². The summed E-state index contributed by atoms with van der Waals surface area (Å²) in [5.74, 6) is 0.00502. The SMILES string of the molecule is FC(F)(F)c1cc(=S)nc(-c2ccccn2)[nH]1. The Morgan fingerprint density at radius 2 is 2.00 bits per heavy atom. The molecule has 0 fully saturated rings. The third-order valence-electron chi connectivity index (χ3n) is 1.96. The highest BCUT2D eigenvalue weighted by Crippen LogP contribution is 2.28. The van der Waals surface area contributed by atoms with E-state index in [1.54, 1.807) is 18.2 Å². The molecule has 2 aromatic heterocycles. The number of hydrogen-bond acceptors (Lipinski definition) is 3. The number of hydrogen-bond donors (Lipinski definition) is 1. The molecule has 2 aromatic rings. The van der Waals surface area contributed by atoms with Gasteiger partial charge in [0.25, 0.3) is 0 Å². The lowest BCUT2D eigenvalue weighted by Gasteiger charge is -2.08. The summed E-state index contributed by atoms with van der Waals surface area (Å²) in [5, 5.41) is 0. The van der Waals surface area contributed by atoms with Crippen molar-refractivity contribution in [3.8, 4) is 11.5 Å². The van der Waals surface area contributed by atoms with Crippen LogP contribution in [0.2, 0.25) is 0 Å². The van der Waals surface area contributed by atoms with Crippen LogP contribution in [0.3, 0.4) is 0 Å².